The number of likely N-dealkylation sites (tertiary alicyclic amines) is 1. The molecule has 1 fully saturated rings. The lowest BCUT2D eigenvalue weighted by molar-refractivity contribution is -0.113. The van der Waals surface area contributed by atoms with Crippen molar-refractivity contribution >= 4 is 29.3 Å². The number of benzene rings is 2. The summed E-state index contributed by atoms with van der Waals surface area (Å²) in [5.74, 6) is 1.44. The molecule has 0 bridgehead atoms. The fourth-order valence-corrected chi connectivity index (χ4v) is 4.34. The van der Waals surface area contributed by atoms with Crippen LogP contribution in [0, 0.1) is 11.3 Å². The Bertz CT molecular complexity index is 996. The molecular weight excluding hydrogens is 426 g/mol. The molecule has 32 heavy (non-hydrogen) atoms. The van der Waals surface area contributed by atoms with Crippen LogP contribution in [0.3, 0.4) is 0 Å². The Balaban J connectivity index is 1.70. The molecule has 0 aliphatic carbocycles. The summed E-state index contributed by atoms with van der Waals surface area (Å²) in [5.41, 5.74) is 2.46. The summed E-state index contributed by atoms with van der Waals surface area (Å²) >= 11 is 1.46. The molecule has 1 aliphatic rings. The molecule has 3 rings (SSSR count). The van der Waals surface area contributed by atoms with Crippen LogP contribution in [-0.2, 0) is 10.5 Å². The van der Waals surface area contributed by atoms with Crippen molar-refractivity contribution in [3.63, 3.8) is 0 Å². The fourth-order valence-electron chi connectivity index (χ4n) is 3.55. The molecule has 0 saturated carbocycles. The van der Waals surface area contributed by atoms with E-state index in [-0.39, 0.29) is 17.6 Å². The number of hydrogen-bond acceptors (Lipinski definition) is 6. The Hall–Kier alpha value is -3.18. The lowest BCUT2D eigenvalue weighted by Crippen LogP contribution is -2.36. The highest BCUT2D eigenvalue weighted by Gasteiger charge is 2.24. The largest absolute Gasteiger partial charge is 0.493 e. The van der Waals surface area contributed by atoms with Crippen LogP contribution < -0.4 is 14.8 Å². The fraction of sp³-hybridized carbons (Fsp3) is 0.375. The Morgan fingerprint density at radius 1 is 1.06 bits per heavy atom. The number of hydrogen-bond donors (Lipinski definition) is 1. The molecule has 1 heterocycles. The smallest absolute Gasteiger partial charge is 0.256 e. The van der Waals surface area contributed by atoms with E-state index in [4.69, 9.17) is 14.7 Å². The zero-order valence-corrected chi connectivity index (χ0v) is 19.2. The Labute approximate surface area is 192 Å². The second kappa shape index (κ2) is 11.4. The molecule has 1 N–H and O–H groups in total. The summed E-state index contributed by atoms with van der Waals surface area (Å²) in [6, 6.07) is 12.7. The highest BCUT2D eigenvalue weighted by atomic mass is 32.2. The molecule has 8 heteroatoms. The predicted molar refractivity (Wildman–Crippen MR) is 125 cm³/mol. The molecule has 0 unspecified atom stereocenters. The lowest BCUT2D eigenvalue weighted by atomic mass is 10.1. The standard InChI is InChI=1S/C24H27N3O4S/c1-30-21-12-19(24(29)27-10-4-3-5-11-27)20(13-22(21)31-2)26-23(28)16-32-15-18-8-6-17(14-25)7-9-18/h6-9,12-13H,3-5,10-11,15-16H2,1-2H3,(H,26,28). The van der Waals surface area contributed by atoms with Crippen molar-refractivity contribution in [1.82, 2.24) is 4.90 Å². The third-order valence-electron chi connectivity index (χ3n) is 5.26. The maximum absolute atomic E-state index is 13.2. The van der Waals surface area contributed by atoms with E-state index in [0.717, 1.165) is 24.8 Å². The summed E-state index contributed by atoms with van der Waals surface area (Å²) in [7, 11) is 3.04. The molecule has 2 aromatic carbocycles. The number of piperidine rings is 1. The Morgan fingerprint density at radius 3 is 2.34 bits per heavy atom. The van der Waals surface area contributed by atoms with Crippen LogP contribution in [0.2, 0.25) is 0 Å². The quantitative estimate of drug-likeness (QED) is 0.648. The van der Waals surface area contributed by atoms with Gasteiger partial charge in [-0.05, 0) is 43.0 Å². The average Bonchev–Trinajstić information content (AvgIpc) is 2.84. The number of thioether (sulfide) groups is 1. The molecule has 0 aromatic heterocycles. The number of ether oxygens (including phenoxy) is 2. The lowest BCUT2D eigenvalue weighted by Gasteiger charge is -2.28. The molecule has 2 aromatic rings. The van der Waals surface area contributed by atoms with Crippen LogP contribution in [0.15, 0.2) is 36.4 Å². The molecular formula is C24H27N3O4S. The van der Waals surface area contributed by atoms with Crippen LogP contribution in [0.4, 0.5) is 5.69 Å². The van der Waals surface area contributed by atoms with Crippen LogP contribution in [0.5, 0.6) is 11.5 Å². The van der Waals surface area contributed by atoms with Gasteiger partial charge in [0, 0.05) is 24.9 Å². The van der Waals surface area contributed by atoms with Gasteiger partial charge in [0.05, 0.1) is 42.9 Å². The van der Waals surface area contributed by atoms with E-state index in [1.54, 1.807) is 24.3 Å². The summed E-state index contributed by atoms with van der Waals surface area (Å²) in [6.45, 7) is 1.42. The Morgan fingerprint density at radius 2 is 1.72 bits per heavy atom. The molecule has 1 aliphatic heterocycles. The number of nitrogens with one attached hydrogen (secondary N) is 1. The minimum atomic E-state index is -0.205. The van der Waals surface area contributed by atoms with E-state index in [0.29, 0.717) is 47.2 Å². The Kier molecular flexibility index (Phi) is 8.40. The first-order valence-electron chi connectivity index (χ1n) is 10.5. The minimum Gasteiger partial charge on any atom is -0.493 e. The van der Waals surface area contributed by atoms with Gasteiger partial charge >= 0.3 is 0 Å². The molecule has 0 atom stereocenters. The van der Waals surface area contributed by atoms with Gasteiger partial charge in [-0.15, -0.1) is 11.8 Å². The van der Waals surface area contributed by atoms with Crippen LogP contribution in [0.1, 0.15) is 40.7 Å². The van der Waals surface area contributed by atoms with Gasteiger partial charge in [-0.1, -0.05) is 12.1 Å². The average molecular weight is 454 g/mol. The number of rotatable bonds is 8. The number of anilines is 1. The van der Waals surface area contributed by atoms with Gasteiger partial charge in [-0.2, -0.15) is 5.26 Å². The van der Waals surface area contributed by atoms with Gasteiger partial charge in [-0.25, -0.2) is 0 Å². The second-order valence-corrected chi connectivity index (χ2v) is 8.44. The summed E-state index contributed by atoms with van der Waals surface area (Å²) in [6.07, 6.45) is 3.08. The van der Waals surface area contributed by atoms with Crippen LogP contribution in [0.25, 0.3) is 0 Å². The monoisotopic (exact) mass is 453 g/mol. The van der Waals surface area contributed by atoms with Crippen molar-refractivity contribution in [2.24, 2.45) is 0 Å². The third-order valence-corrected chi connectivity index (χ3v) is 6.26. The van der Waals surface area contributed by atoms with Gasteiger partial charge < -0.3 is 19.7 Å². The first kappa shape index (κ1) is 23.5. The van der Waals surface area contributed by atoms with Gasteiger partial charge in [0.25, 0.3) is 5.91 Å². The van der Waals surface area contributed by atoms with Crippen molar-refractivity contribution in [3.8, 4) is 17.6 Å². The predicted octanol–water partition coefficient (Wildman–Crippen LogP) is 4.07. The maximum Gasteiger partial charge on any atom is 0.256 e. The van der Waals surface area contributed by atoms with E-state index in [1.807, 2.05) is 17.0 Å². The van der Waals surface area contributed by atoms with Crippen molar-refractivity contribution in [1.29, 1.82) is 5.26 Å². The first-order chi connectivity index (χ1) is 15.5. The molecule has 168 valence electrons. The van der Waals surface area contributed by atoms with Crippen LogP contribution >= 0.6 is 11.8 Å². The van der Waals surface area contributed by atoms with E-state index >= 15 is 0 Å². The summed E-state index contributed by atoms with van der Waals surface area (Å²) < 4.78 is 10.7. The number of nitriles is 1. The van der Waals surface area contributed by atoms with E-state index < -0.39 is 0 Å². The number of methoxy groups -OCH3 is 2. The van der Waals surface area contributed by atoms with Gasteiger partial charge in [0.15, 0.2) is 11.5 Å². The molecule has 1 saturated heterocycles. The number of carbonyl (C=O) groups is 2. The molecule has 7 nitrogen and oxygen atoms in total. The number of amides is 2. The van der Waals surface area contributed by atoms with Gasteiger partial charge in [0.2, 0.25) is 5.91 Å². The molecule has 0 spiro atoms. The normalized spacial score (nSPS) is 13.2. The number of carbonyl (C=O) groups excluding carboxylic acids is 2. The topological polar surface area (TPSA) is 91.7 Å². The van der Waals surface area contributed by atoms with Crippen LogP contribution in [-0.4, -0.2) is 49.8 Å². The van der Waals surface area contributed by atoms with Gasteiger partial charge in [-0.3, -0.25) is 9.59 Å². The summed E-state index contributed by atoms with van der Waals surface area (Å²) in [5, 5.41) is 11.8. The van der Waals surface area contributed by atoms with Gasteiger partial charge in [0.1, 0.15) is 0 Å². The number of nitrogens with zero attached hydrogens (tertiary/aromatic N) is 2. The highest BCUT2D eigenvalue weighted by Crippen LogP contribution is 2.34. The first-order valence-corrected chi connectivity index (χ1v) is 11.6. The van der Waals surface area contributed by atoms with Crippen molar-refractivity contribution in [2.75, 3.05) is 38.4 Å². The van der Waals surface area contributed by atoms with E-state index in [1.165, 1.54) is 26.0 Å². The third kappa shape index (κ3) is 5.95. The van der Waals surface area contributed by atoms with Crippen molar-refractivity contribution in [3.05, 3.63) is 53.1 Å². The maximum atomic E-state index is 13.2. The zero-order valence-electron chi connectivity index (χ0n) is 18.3. The molecule has 2 amide bonds. The highest BCUT2D eigenvalue weighted by molar-refractivity contribution is 7.99. The van der Waals surface area contributed by atoms with E-state index in [2.05, 4.69) is 11.4 Å². The second-order valence-electron chi connectivity index (χ2n) is 7.46. The summed E-state index contributed by atoms with van der Waals surface area (Å²) in [4.78, 5) is 27.6. The van der Waals surface area contributed by atoms with Crippen molar-refractivity contribution in [2.45, 2.75) is 25.0 Å². The molecule has 0 radical (unpaired) electrons. The van der Waals surface area contributed by atoms with Crippen molar-refractivity contribution < 1.29 is 19.1 Å². The van der Waals surface area contributed by atoms with E-state index in [9.17, 15) is 9.59 Å². The zero-order chi connectivity index (χ0) is 22.9. The minimum absolute atomic E-state index is 0.119. The SMILES string of the molecule is COc1cc(NC(=O)CSCc2ccc(C#N)cc2)c(C(=O)N2CCCCC2)cc1OC.